The van der Waals surface area contributed by atoms with Crippen molar-refractivity contribution in [2.75, 3.05) is 12.4 Å². The van der Waals surface area contributed by atoms with Crippen LogP contribution in [0.25, 0.3) is 0 Å². The number of aldehydes is 1. The SMILES string of the molecule is COc1ccc(C=O)cc1O[C@@H](C)C(=O)Nc1cccc(C)c1. The fourth-order valence-electron chi connectivity index (χ4n) is 2.07. The molecule has 120 valence electrons. The number of carbonyl (C=O) groups is 2. The Morgan fingerprint density at radius 1 is 1.17 bits per heavy atom. The molecule has 0 saturated carbocycles. The first-order valence-electron chi connectivity index (χ1n) is 7.21. The van der Waals surface area contributed by atoms with E-state index in [2.05, 4.69) is 5.32 Å². The lowest BCUT2D eigenvalue weighted by molar-refractivity contribution is -0.122. The van der Waals surface area contributed by atoms with E-state index in [-0.39, 0.29) is 5.91 Å². The van der Waals surface area contributed by atoms with E-state index in [4.69, 9.17) is 9.47 Å². The molecule has 0 heterocycles. The molecule has 2 rings (SSSR count). The quantitative estimate of drug-likeness (QED) is 0.832. The van der Waals surface area contributed by atoms with Crippen molar-refractivity contribution in [1.82, 2.24) is 0 Å². The van der Waals surface area contributed by atoms with Crippen LogP contribution in [-0.2, 0) is 4.79 Å². The highest BCUT2D eigenvalue weighted by Gasteiger charge is 2.17. The zero-order chi connectivity index (χ0) is 16.8. The summed E-state index contributed by atoms with van der Waals surface area (Å²) < 4.78 is 10.8. The summed E-state index contributed by atoms with van der Waals surface area (Å²) in [6, 6.07) is 12.3. The summed E-state index contributed by atoms with van der Waals surface area (Å²) in [5, 5.41) is 2.79. The number of hydrogen-bond acceptors (Lipinski definition) is 4. The molecule has 5 nitrogen and oxygen atoms in total. The molecular formula is C18H19NO4. The predicted octanol–water partition coefficient (Wildman–Crippen LogP) is 3.22. The second-order valence-electron chi connectivity index (χ2n) is 5.15. The summed E-state index contributed by atoms with van der Waals surface area (Å²) in [4.78, 5) is 23.1. The topological polar surface area (TPSA) is 64.6 Å². The van der Waals surface area contributed by atoms with Crippen LogP contribution in [0.4, 0.5) is 5.69 Å². The summed E-state index contributed by atoms with van der Waals surface area (Å²) in [6.45, 7) is 3.59. The molecule has 0 bridgehead atoms. The lowest BCUT2D eigenvalue weighted by Gasteiger charge is -2.17. The highest BCUT2D eigenvalue weighted by atomic mass is 16.5. The molecule has 2 aromatic rings. The van der Waals surface area contributed by atoms with Crippen molar-refractivity contribution in [2.45, 2.75) is 20.0 Å². The van der Waals surface area contributed by atoms with Gasteiger partial charge >= 0.3 is 0 Å². The van der Waals surface area contributed by atoms with Crippen LogP contribution in [0.15, 0.2) is 42.5 Å². The van der Waals surface area contributed by atoms with Gasteiger partial charge in [0.25, 0.3) is 5.91 Å². The van der Waals surface area contributed by atoms with Gasteiger partial charge in [-0.05, 0) is 49.7 Å². The molecule has 0 spiro atoms. The van der Waals surface area contributed by atoms with Gasteiger partial charge in [0, 0.05) is 11.3 Å². The second-order valence-corrected chi connectivity index (χ2v) is 5.15. The van der Waals surface area contributed by atoms with Crippen molar-refractivity contribution in [3.63, 3.8) is 0 Å². The van der Waals surface area contributed by atoms with Crippen LogP contribution in [0.2, 0.25) is 0 Å². The van der Waals surface area contributed by atoms with Crippen LogP contribution < -0.4 is 14.8 Å². The third-order valence-corrected chi connectivity index (χ3v) is 3.28. The maximum atomic E-state index is 12.2. The molecule has 0 aliphatic heterocycles. The first-order valence-corrected chi connectivity index (χ1v) is 7.21. The number of anilines is 1. The molecule has 0 aliphatic rings. The summed E-state index contributed by atoms with van der Waals surface area (Å²) in [7, 11) is 1.50. The minimum atomic E-state index is -0.744. The van der Waals surface area contributed by atoms with Crippen molar-refractivity contribution in [1.29, 1.82) is 0 Å². The molecule has 5 heteroatoms. The Morgan fingerprint density at radius 3 is 2.61 bits per heavy atom. The highest BCUT2D eigenvalue weighted by molar-refractivity contribution is 5.94. The van der Waals surface area contributed by atoms with Crippen molar-refractivity contribution in [3.8, 4) is 11.5 Å². The van der Waals surface area contributed by atoms with Crippen molar-refractivity contribution >= 4 is 17.9 Å². The number of carbonyl (C=O) groups excluding carboxylic acids is 2. The van der Waals surface area contributed by atoms with E-state index >= 15 is 0 Å². The number of hydrogen-bond donors (Lipinski definition) is 1. The lowest BCUT2D eigenvalue weighted by atomic mass is 10.2. The molecule has 0 radical (unpaired) electrons. The first-order chi connectivity index (χ1) is 11.0. The van der Waals surface area contributed by atoms with E-state index in [0.29, 0.717) is 29.0 Å². The summed E-state index contributed by atoms with van der Waals surface area (Å²) in [5.74, 6) is 0.531. The molecule has 23 heavy (non-hydrogen) atoms. The maximum Gasteiger partial charge on any atom is 0.265 e. The maximum absolute atomic E-state index is 12.2. The van der Waals surface area contributed by atoms with Gasteiger partial charge in [0.15, 0.2) is 17.6 Å². The molecule has 1 amide bonds. The minimum Gasteiger partial charge on any atom is -0.493 e. The Balaban J connectivity index is 2.10. The van der Waals surface area contributed by atoms with Gasteiger partial charge in [-0.15, -0.1) is 0 Å². The van der Waals surface area contributed by atoms with Crippen LogP contribution in [0, 0.1) is 6.92 Å². The van der Waals surface area contributed by atoms with Gasteiger partial charge in [-0.1, -0.05) is 12.1 Å². The predicted molar refractivity (Wildman–Crippen MR) is 88.3 cm³/mol. The summed E-state index contributed by atoms with van der Waals surface area (Å²) in [5.41, 5.74) is 2.21. The molecule has 0 saturated heterocycles. The number of benzene rings is 2. The van der Waals surface area contributed by atoms with Gasteiger partial charge in [0.1, 0.15) is 6.29 Å². The van der Waals surface area contributed by atoms with Crippen LogP contribution in [-0.4, -0.2) is 25.4 Å². The first kappa shape index (κ1) is 16.5. The average Bonchev–Trinajstić information content (AvgIpc) is 2.54. The molecule has 2 aromatic carbocycles. The third kappa shape index (κ3) is 4.32. The Hall–Kier alpha value is -2.82. The highest BCUT2D eigenvalue weighted by Crippen LogP contribution is 2.28. The molecule has 0 aliphatic carbocycles. The molecule has 1 N–H and O–H groups in total. The van der Waals surface area contributed by atoms with Crippen molar-refractivity contribution in [2.24, 2.45) is 0 Å². The van der Waals surface area contributed by atoms with E-state index in [1.165, 1.54) is 7.11 Å². The van der Waals surface area contributed by atoms with Gasteiger partial charge in [-0.3, -0.25) is 9.59 Å². The average molecular weight is 313 g/mol. The molecule has 0 unspecified atom stereocenters. The zero-order valence-electron chi connectivity index (χ0n) is 13.3. The molecule has 1 atom stereocenters. The summed E-state index contributed by atoms with van der Waals surface area (Å²) >= 11 is 0. The molecule has 0 fully saturated rings. The fraction of sp³-hybridized carbons (Fsp3) is 0.222. The van der Waals surface area contributed by atoms with Gasteiger partial charge in [-0.2, -0.15) is 0 Å². The van der Waals surface area contributed by atoms with Crippen LogP contribution >= 0.6 is 0 Å². The number of amides is 1. The van der Waals surface area contributed by atoms with Gasteiger partial charge in [-0.25, -0.2) is 0 Å². The van der Waals surface area contributed by atoms with Crippen LogP contribution in [0.1, 0.15) is 22.8 Å². The number of aryl methyl sites for hydroxylation is 1. The standard InChI is InChI=1S/C18H19NO4/c1-12-5-4-6-15(9-12)19-18(21)13(2)23-17-10-14(11-20)7-8-16(17)22-3/h4-11,13H,1-3H3,(H,19,21)/t13-/m0/s1. The Kier molecular flexibility index (Phi) is 5.36. The minimum absolute atomic E-state index is 0.283. The Morgan fingerprint density at radius 2 is 1.96 bits per heavy atom. The number of ether oxygens (including phenoxy) is 2. The number of rotatable bonds is 6. The zero-order valence-corrected chi connectivity index (χ0v) is 13.3. The van der Waals surface area contributed by atoms with Gasteiger partial charge in [0.2, 0.25) is 0 Å². The van der Waals surface area contributed by atoms with Gasteiger partial charge < -0.3 is 14.8 Å². The smallest absolute Gasteiger partial charge is 0.265 e. The largest absolute Gasteiger partial charge is 0.493 e. The van der Waals surface area contributed by atoms with Crippen LogP contribution in [0.5, 0.6) is 11.5 Å². The second kappa shape index (κ2) is 7.45. The normalized spacial score (nSPS) is 11.4. The van der Waals surface area contributed by atoms with E-state index in [1.807, 2.05) is 31.2 Å². The molecular weight excluding hydrogens is 294 g/mol. The van der Waals surface area contributed by atoms with Gasteiger partial charge in [0.05, 0.1) is 7.11 Å². The van der Waals surface area contributed by atoms with Crippen molar-refractivity contribution in [3.05, 3.63) is 53.6 Å². The Labute approximate surface area is 135 Å². The third-order valence-electron chi connectivity index (χ3n) is 3.28. The summed E-state index contributed by atoms with van der Waals surface area (Å²) in [6.07, 6.45) is -0.0321. The monoisotopic (exact) mass is 313 g/mol. The lowest BCUT2D eigenvalue weighted by Crippen LogP contribution is -2.30. The van der Waals surface area contributed by atoms with Crippen molar-refractivity contribution < 1.29 is 19.1 Å². The Bertz CT molecular complexity index is 712. The van der Waals surface area contributed by atoms with E-state index in [1.54, 1.807) is 25.1 Å². The fourth-order valence-corrected chi connectivity index (χ4v) is 2.07. The number of nitrogens with one attached hydrogen (secondary N) is 1. The van der Waals surface area contributed by atoms with E-state index in [9.17, 15) is 9.59 Å². The van der Waals surface area contributed by atoms with Crippen LogP contribution in [0.3, 0.4) is 0 Å². The van der Waals surface area contributed by atoms with E-state index < -0.39 is 6.10 Å². The van der Waals surface area contributed by atoms with E-state index in [0.717, 1.165) is 5.56 Å². The number of methoxy groups -OCH3 is 1. The molecule has 0 aromatic heterocycles.